The summed E-state index contributed by atoms with van der Waals surface area (Å²) in [4.78, 5) is 34.6. The number of halogens is 1. The van der Waals surface area contributed by atoms with E-state index in [0.29, 0.717) is 79.6 Å². The molecule has 11 nitrogen and oxygen atoms in total. The quantitative estimate of drug-likeness (QED) is 0.416. The molecule has 1 N–H and O–H groups in total. The van der Waals surface area contributed by atoms with E-state index in [0.717, 1.165) is 11.3 Å². The van der Waals surface area contributed by atoms with Gasteiger partial charge in [0.05, 0.1) is 37.6 Å². The van der Waals surface area contributed by atoms with E-state index >= 15 is 0 Å². The fraction of sp³-hybridized carbons (Fsp3) is 0.400. The molecule has 2 fully saturated rings. The highest BCUT2D eigenvalue weighted by atomic mass is 19.1. The second kappa shape index (κ2) is 9.77. The van der Waals surface area contributed by atoms with Crippen LogP contribution >= 0.6 is 0 Å². The molecular formula is C25H26FN7O4. The third kappa shape index (κ3) is 4.96. The van der Waals surface area contributed by atoms with Crippen LogP contribution in [0.15, 0.2) is 39.5 Å². The van der Waals surface area contributed by atoms with E-state index in [1.807, 2.05) is 22.8 Å². The van der Waals surface area contributed by atoms with Gasteiger partial charge in [0, 0.05) is 43.2 Å². The molecule has 2 aliphatic rings. The minimum Gasteiger partial charge on any atom is -0.444 e. The number of carbonyl (C=O) groups is 1. The number of anilines is 3. The minimum absolute atomic E-state index is 0.00773. The topological polar surface area (TPSA) is 123 Å². The highest BCUT2D eigenvalue weighted by Gasteiger charge is 2.27. The number of aryl methyl sites for hydroxylation is 1. The maximum atomic E-state index is 14.0. The molecule has 0 saturated carbocycles. The Bertz CT molecular complexity index is 1430. The molecule has 0 aromatic carbocycles. The van der Waals surface area contributed by atoms with Gasteiger partial charge in [-0.25, -0.2) is 14.4 Å². The lowest BCUT2D eigenvalue weighted by Crippen LogP contribution is -2.36. The molecule has 0 bridgehead atoms. The fourth-order valence-corrected chi connectivity index (χ4v) is 4.53. The Kier molecular flexibility index (Phi) is 6.16. The zero-order valence-electron chi connectivity index (χ0n) is 20.3. The third-order valence-electron chi connectivity index (χ3n) is 6.37. The number of aromatic nitrogens is 4. The Labute approximate surface area is 211 Å². The fourth-order valence-electron chi connectivity index (χ4n) is 4.53. The predicted octanol–water partition coefficient (Wildman–Crippen LogP) is 3.15. The summed E-state index contributed by atoms with van der Waals surface area (Å²) in [7, 11) is 0. The van der Waals surface area contributed by atoms with Crippen LogP contribution in [-0.2, 0) is 16.0 Å². The van der Waals surface area contributed by atoms with Crippen molar-refractivity contribution in [2.24, 2.45) is 0 Å². The van der Waals surface area contributed by atoms with Crippen molar-refractivity contribution < 1.29 is 22.8 Å². The number of hydrogen-bond donors (Lipinski definition) is 1. The third-order valence-corrected chi connectivity index (χ3v) is 6.37. The molecule has 6 rings (SSSR count). The summed E-state index contributed by atoms with van der Waals surface area (Å²) in [5.41, 5.74) is 3.39. The van der Waals surface area contributed by atoms with E-state index in [1.165, 1.54) is 6.26 Å². The Morgan fingerprint density at radius 2 is 2.03 bits per heavy atom. The molecule has 0 unspecified atom stereocenters. The van der Waals surface area contributed by atoms with E-state index in [-0.39, 0.29) is 18.9 Å². The molecule has 4 aromatic heterocycles. The van der Waals surface area contributed by atoms with Crippen LogP contribution in [0.1, 0.15) is 17.8 Å². The Morgan fingerprint density at radius 1 is 1.16 bits per heavy atom. The SMILES string of the molecule is Cc1cc(-c2nc(CC(=O)Nc3cc4oc(N5CCOCC5)nc4nc3N3CC[C@H](F)C3)co2)ccn1. The Hall–Kier alpha value is -4.06. The smallest absolute Gasteiger partial charge is 0.300 e. The van der Waals surface area contributed by atoms with Gasteiger partial charge in [-0.05, 0) is 25.5 Å². The number of pyridine rings is 2. The Morgan fingerprint density at radius 3 is 2.81 bits per heavy atom. The molecule has 37 heavy (non-hydrogen) atoms. The zero-order valence-corrected chi connectivity index (χ0v) is 20.3. The molecule has 1 atom stereocenters. The number of rotatable bonds is 6. The number of oxazole rings is 2. The lowest BCUT2D eigenvalue weighted by molar-refractivity contribution is -0.115. The Balaban J connectivity index is 1.25. The van der Waals surface area contributed by atoms with Gasteiger partial charge in [-0.15, -0.1) is 0 Å². The summed E-state index contributed by atoms with van der Waals surface area (Å²) in [6, 6.07) is 5.81. The minimum atomic E-state index is -0.951. The summed E-state index contributed by atoms with van der Waals surface area (Å²) < 4.78 is 31.0. The summed E-state index contributed by atoms with van der Waals surface area (Å²) in [5.74, 6) is 0.577. The number of fused-ring (bicyclic) bond motifs is 1. The van der Waals surface area contributed by atoms with Gasteiger partial charge in [0.25, 0.3) is 6.01 Å². The van der Waals surface area contributed by atoms with E-state index in [2.05, 4.69) is 25.3 Å². The summed E-state index contributed by atoms with van der Waals surface area (Å²) in [5, 5.41) is 2.91. The van der Waals surface area contributed by atoms with Crippen LogP contribution in [0, 0.1) is 6.92 Å². The van der Waals surface area contributed by atoms with Crippen LogP contribution in [0.3, 0.4) is 0 Å². The van der Waals surface area contributed by atoms with Crippen molar-refractivity contribution in [3.8, 4) is 11.5 Å². The normalized spacial score (nSPS) is 18.1. The number of amides is 1. The van der Waals surface area contributed by atoms with E-state index in [9.17, 15) is 9.18 Å². The van der Waals surface area contributed by atoms with Crippen LogP contribution in [-0.4, -0.2) is 71.4 Å². The molecule has 2 saturated heterocycles. The van der Waals surface area contributed by atoms with Crippen LogP contribution in [0.2, 0.25) is 0 Å². The number of alkyl halides is 1. The molecule has 0 aliphatic carbocycles. The molecule has 0 radical (unpaired) electrons. The van der Waals surface area contributed by atoms with Gasteiger partial charge < -0.3 is 28.7 Å². The van der Waals surface area contributed by atoms with Crippen molar-refractivity contribution >= 4 is 34.7 Å². The zero-order chi connectivity index (χ0) is 25.4. The molecule has 192 valence electrons. The van der Waals surface area contributed by atoms with Crippen molar-refractivity contribution in [1.29, 1.82) is 0 Å². The monoisotopic (exact) mass is 507 g/mol. The van der Waals surface area contributed by atoms with Crippen LogP contribution < -0.4 is 15.1 Å². The molecule has 12 heteroatoms. The molecule has 2 aliphatic heterocycles. The van der Waals surface area contributed by atoms with Gasteiger partial charge in [-0.1, -0.05) is 0 Å². The molecule has 4 aromatic rings. The van der Waals surface area contributed by atoms with Crippen molar-refractivity contribution in [1.82, 2.24) is 19.9 Å². The second-order valence-electron chi connectivity index (χ2n) is 9.16. The number of carbonyl (C=O) groups excluding carboxylic acids is 1. The average molecular weight is 508 g/mol. The number of nitrogens with zero attached hydrogens (tertiary/aromatic N) is 6. The lowest BCUT2D eigenvalue weighted by Gasteiger charge is -2.24. The number of nitrogens with one attached hydrogen (secondary N) is 1. The van der Waals surface area contributed by atoms with Crippen LogP contribution in [0.25, 0.3) is 22.7 Å². The van der Waals surface area contributed by atoms with Crippen molar-refractivity contribution in [3.05, 3.63) is 42.0 Å². The lowest BCUT2D eigenvalue weighted by atomic mass is 10.2. The van der Waals surface area contributed by atoms with E-state index < -0.39 is 6.17 Å². The van der Waals surface area contributed by atoms with Gasteiger partial charge in [-0.2, -0.15) is 4.98 Å². The van der Waals surface area contributed by atoms with Gasteiger partial charge >= 0.3 is 0 Å². The van der Waals surface area contributed by atoms with Gasteiger partial charge in [0.1, 0.15) is 12.4 Å². The van der Waals surface area contributed by atoms with Gasteiger partial charge in [-0.3, -0.25) is 9.78 Å². The highest BCUT2D eigenvalue weighted by Crippen LogP contribution is 2.33. The summed E-state index contributed by atoms with van der Waals surface area (Å²) in [6.45, 7) is 5.09. The molecule has 1 amide bonds. The first-order chi connectivity index (χ1) is 18.0. The number of morpholine rings is 1. The van der Waals surface area contributed by atoms with E-state index in [4.69, 9.17) is 13.6 Å². The van der Waals surface area contributed by atoms with Gasteiger partial charge in [0.2, 0.25) is 17.4 Å². The highest BCUT2D eigenvalue weighted by molar-refractivity contribution is 5.97. The first-order valence-electron chi connectivity index (χ1n) is 12.2. The largest absolute Gasteiger partial charge is 0.444 e. The van der Waals surface area contributed by atoms with E-state index in [1.54, 1.807) is 18.3 Å². The summed E-state index contributed by atoms with van der Waals surface area (Å²) in [6.07, 6.45) is 2.59. The predicted molar refractivity (Wildman–Crippen MR) is 133 cm³/mol. The van der Waals surface area contributed by atoms with Gasteiger partial charge in [0.15, 0.2) is 11.4 Å². The molecule has 0 spiro atoms. The molecule has 6 heterocycles. The maximum Gasteiger partial charge on any atom is 0.300 e. The number of hydrogen-bond acceptors (Lipinski definition) is 10. The standard InChI is InChI=1S/C25H26FN7O4/c1-15-10-16(2-4-27-15)24-28-18(14-36-24)11-21(34)29-19-12-20-22(30-23(19)33-5-3-17(26)13-33)31-25(37-20)32-6-8-35-9-7-32/h2,4,10,12,14,17H,3,5-9,11,13H2,1H3,(H,29,34)/t17-/m0/s1. The van der Waals surface area contributed by atoms with Crippen molar-refractivity contribution in [3.63, 3.8) is 0 Å². The summed E-state index contributed by atoms with van der Waals surface area (Å²) >= 11 is 0. The average Bonchev–Trinajstić information content (AvgIpc) is 3.64. The molecular weight excluding hydrogens is 481 g/mol. The first kappa shape index (κ1) is 23.3. The van der Waals surface area contributed by atoms with Crippen LogP contribution in [0.4, 0.5) is 21.9 Å². The van der Waals surface area contributed by atoms with Crippen molar-refractivity contribution in [2.75, 3.05) is 54.5 Å². The van der Waals surface area contributed by atoms with Crippen LogP contribution in [0.5, 0.6) is 0 Å². The first-order valence-corrected chi connectivity index (χ1v) is 12.2. The second-order valence-corrected chi connectivity index (χ2v) is 9.16. The number of ether oxygens (including phenoxy) is 1. The van der Waals surface area contributed by atoms with Crippen molar-refractivity contribution in [2.45, 2.75) is 25.9 Å². The maximum absolute atomic E-state index is 14.0.